The number of hydrogen-bond donors (Lipinski definition) is 3. The summed E-state index contributed by atoms with van der Waals surface area (Å²) in [5, 5.41) is 21.2. The zero-order chi connectivity index (χ0) is 20.8. The lowest BCUT2D eigenvalue weighted by Crippen LogP contribution is -2.51. The van der Waals surface area contributed by atoms with Gasteiger partial charge in [0.25, 0.3) is 5.97 Å². The maximum Gasteiger partial charge on any atom is 0.300 e. The average molecular weight is 389 g/mol. The Balaban J connectivity index is 0.000000640. The molecule has 28 heavy (non-hydrogen) atoms. The Hall–Kier alpha value is -2.78. The van der Waals surface area contributed by atoms with Gasteiger partial charge in [-0.1, -0.05) is 44.2 Å². The first kappa shape index (κ1) is 21.5. The minimum absolute atomic E-state index is 0.159. The Bertz CT molecular complexity index is 802. The van der Waals surface area contributed by atoms with Gasteiger partial charge in [-0.15, -0.1) is 0 Å². The van der Waals surface area contributed by atoms with Gasteiger partial charge < -0.3 is 20.8 Å². The third-order valence-corrected chi connectivity index (χ3v) is 4.31. The summed E-state index contributed by atoms with van der Waals surface area (Å²) in [4.78, 5) is 27.9. The lowest BCUT2D eigenvalue weighted by molar-refractivity contribution is -0.138. The monoisotopic (exact) mass is 389 g/mol. The van der Waals surface area contributed by atoms with Crippen molar-refractivity contribution in [2.24, 2.45) is 11.7 Å². The number of nitrogens with zero attached hydrogens (tertiary/aromatic N) is 4. The van der Waals surface area contributed by atoms with Gasteiger partial charge in [-0.2, -0.15) is 5.10 Å². The predicted molar refractivity (Wildman–Crippen MR) is 103 cm³/mol. The van der Waals surface area contributed by atoms with Crippen molar-refractivity contribution in [3.63, 3.8) is 0 Å². The number of rotatable bonds is 4. The van der Waals surface area contributed by atoms with Crippen LogP contribution in [0.5, 0.6) is 0 Å². The number of aliphatic hydroxyl groups excluding tert-OH is 1. The first-order valence-electron chi connectivity index (χ1n) is 9.12. The molecule has 0 unspecified atom stereocenters. The van der Waals surface area contributed by atoms with Gasteiger partial charge in [0.15, 0.2) is 11.6 Å². The number of benzene rings is 1. The van der Waals surface area contributed by atoms with Crippen LogP contribution in [0, 0.1) is 5.92 Å². The van der Waals surface area contributed by atoms with Crippen LogP contribution in [0.3, 0.4) is 0 Å². The largest absolute Gasteiger partial charge is 0.481 e. The third kappa shape index (κ3) is 4.93. The first-order chi connectivity index (χ1) is 13.3. The summed E-state index contributed by atoms with van der Waals surface area (Å²) in [6, 6.07) is 8.69. The minimum Gasteiger partial charge on any atom is -0.481 e. The van der Waals surface area contributed by atoms with Crippen molar-refractivity contribution in [1.29, 1.82) is 0 Å². The molecule has 9 nitrogen and oxygen atoms in total. The zero-order valence-corrected chi connectivity index (χ0v) is 16.3. The Morgan fingerprint density at radius 3 is 2.39 bits per heavy atom. The van der Waals surface area contributed by atoms with Crippen LogP contribution in [0.25, 0.3) is 11.4 Å². The van der Waals surface area contributed by atoms with Crippen LogP contribution in [0.15, 0.2) is 30.3 Å². The molecule has 1 aliphatic heterocycles. The third-order valence-electron chi connectivity index (χ3n) is 4.31. The smallest absolute Gasteiger partial charge is 0.300 e. The van der Waals surface area contributed by atoms with Gasteiger partial charge in [-0.3, -0.25) is 9.59 Å². The van der Waals surface area contributed by atoms with Gasteiger partial charge in [0.2, 0.25) is 5.91 Å². The van der Waals surface area contributed by atoms with Gasteiger partial charge in [0.05, 0.1) is 19.2 Å². The lowest BCUT2D eigenvalue weighted by Gasteiger charge is -2.38. The molecule has 2 heterocycles. The van der Waals surface area contributed by atoms with Gasteiger partial charge >= 0.3 is 0 Å². The van der Waals surface area contributed by atoms with Crippen LogP contribution in [0.2, 0.25) is 0 Å². The highest BCUT2D eigenvalue weighted by atomic mass is 16.4. The van der Waals surface area contributed by atoms with Gasteiger partial charge in [0.1, 0.15) is 6.04 Å². The van der Waals surface area contributed by atoms with Gasteiger partial charge in [0, 0.05) is 19.0 Å². The summed E-state index contributed by atoms with van der Waals surface area (Å²) in [5.41, 5.74) is 6.69. The number of carboxylic acids is 1. The molecule has 1 aromatic heterocycles. The zero-order valence-electron chi connectivity index (χ0n) is 16.3. The van der Waals surface area contributed by atoms with E-state index >= 15 is 0 Å². The van der Waals surface area contributed by atoms with Crippen molar-refractivity contribution < 1.29 is 19.8 Å². The fourth-order valence-electron chi connectivity index (χ4n) is 3.12. The molecule has 2 atom stereocenters. The number of carboxylic acid groups (broad SMARTS) is 1. The van der Waals surface area contributed by atoms with Crippen molar-refractivity contribution in [2.45, 2.75) is 39.4 Å². The van der Waals surface area contributed by atoms with E-state index in [-0.39, 0.29) is 24.5 Å². The highest BCUT2D eigenvalue weighted by Gasteiger charge is 2.37. The number of amides is 1. The minimum atomic E-state index is -0.894. The number of carbonyl (C=O) groups excluding carboxylic acids is 1. The molecule has 0 radical (unpaired) electrons. The fraction of sp³-hybridized carbons (Fsp3) is 0.474. The molecule has 4 N–H and O–H groups in total. The number of aliphatic hydroxyl groups is 1. The molecule has 152 valence electrons. The second-order valence-electron chi connectivity index (χ2n) is 6.91. The van der Waals surface area contributed by atoms with E-state index in [9.17, 15) is 9.90 Å². The Morgan fingerprint density at radius 2 is 1.86 bits per heavy atom. The SMILES string of the molecule is CC(=O)O.CC(C)[C@H]1c2nc(-c3ccccc3)nn2CCN1C(=O)[C@@H](N)CO. The predicted octanol–water partition coefficient (Wildman–Crippen LogP) is 0.895. The van der Waals surface area contributed by atoms with Crippen LogP contribution in [0.4, 0.5) is 0 Å². The van der Waals surface area contributed by atoms with Gasteiger partial charge in [-0.05, 0) is 5.92 Å². The molecule has 0 saturated heterocycles. The van der Waals surface area contributed by atoms with E-state index < -0.39 is 12.0 Å². The molecule has 9 heteroatoms. The van der Waals surface area contributed by atoms with Crippen molar-refractivity contribution in [1.82, 2.24) is 19.7 Å². The summed E-state index contributed by atoms with van der Waals surface area (Å²) in [6.45, 7) is 5.90. The summed E-state index contributed by atoms with van der Waals surface area (Å²) < 4.78 is 1.88. The first-order valence-corrected chi connectivity index (χ1v) is 9.12. The van der Waals surface area contributed by atoms with E-state index in [4.69, 9.17) is 20.6 Å². The number of aliphatic carboxylic acids is 1. The summed E-state index contributed by atoms with van der Waals surface area (Å²) in [7, 11) is 0. The Labute approximate surface area is 163 Å². The van der Waals surface area contributed by atoms with Crippen molar-refractivity contribution in [2.75, 3.05) is 13.2 Å². The number of nitrogens with two attached hydrogens (primary N) is 1. The molecule has 1 aliphatic rings. The van der Waals surface area contributed by atoms with E-state index in [2.05, 4.69) is 5.10 Å². The molecule has 0 spiro atoms. The second-order valence-corrected chi connectivity index (χ2v) is 6.91. The molecule has 0 aliphatic carbocycles. The van der Waals surface area contributed by atoms with E-state index in [0.717, 1.165) is 18.3 Å². The number of hydrogen-bond acceptors (Lipinski definition) is 6. The number of fused-ring (bicyclic) bond motifs is 1. The summed E-state index contributed by atoms with van der Waals surface area (Å²) in [6.07, 6.45) is 0. The molecule has 3 rings (SSSR count). The number of carbonyl (C=O) groups is 2. The highest BCUT2D eigenvalue weighted by Crippen LogP contribution is 2.32. The molecule has 0 bridgehead atoms. The van der Waals surface area contributed by atoms with E-state index in [1.165, 1.54) is 0 Å². The van der Waals surface area contributed by atoms with Crippen molar-refractivity contribution >= 4 is 11.9 Å². The number of aromatic nitrogens is 3. The molecule has 0 saturated carbocycles. The standard InChI is InChI=1S/C17H23N5O2.C2H4O2/c1-11(2)14-16-19-15(12-6-4-3-5-7-12)20-22(16)9-8-21(14)17(24)13(18)10-23;1-2(3)4/h3-7,11,13-14,23H,8-10,18H2,1-2H3;1H3,(H,3,4)/t13-,14-;/m0./s1. The maximum atomic E-state index is 12.5. The van der Waals surface area contributed by atoms with Crippen LogP contribution < -0.4 is 5.73 Å². The summed E-state index contributed by atoms with van der Waals surface area (Å²) >= 11 is 0. The van der Waals surface area contributed by atoms with Crippen molar-refractivity contribution in [3.8, 4) is 11.4 Å². The Morgan fingerprint density at radius 1 is 1.25 bits per heavy atom. The van der Waals surface area contributed by atoms with E-state index in [1.807, 2.05) is 48.9 Å². The average Bonchev–Trinajstić information content (AvgIpc) is 3.10. The van der Waals surface area contributed by atoms with Crippen LogP contribution in [0.1, 0.15) is 32.6 Å². The Kier molecular flexibility index (Phi) is 7.24. The molecular formula is C19H27N5O4. The van der Waals surface area contributed by atoms with E-state index in [1.54, 1.807) is 4.90 Å². The molecular weight excluding hydrogens is 362 g/mol. The molecule has 1 aromatic carbocycles. The highest BCUT2D eigenvalue weighted by molar-refractivity contribution is 5.82. The molecule has 1 amide bonds. The maximum absolute atomic E-state index is 12.5. The molecule has 0 fully saturated rings. The lowest BCUT2D eigenvalue weighted by atomic mass is 9.99. The fourth-order valence-corrected chi connectivity index (χ4v) is 3.12. The van der Waals surface area contributed by atoms with E-state index in [0.29, 0.717) is 18.9 Å². The quantitative estimate of drug-likeness (QED) is 0.707. The second kappa shape index (κ2) is 9.43. The van der Waals surface area contributed by atoms with Crippen molar-refractivity contribution in [3.05, 3.63) is 36.2 Å². The molecule has 2 aromatic rings. The topological polar surface area (TPSA) is 135 Å². The van der Waals surface area contributed by atoms with Crippen LogP contribution in [-0.4, -0.2) is 60.9 Å². The van der Waals surface area contributed by atoms with Crippen LogP contribution >= 0.6 is 0 Å². The van der Waals surface area contributed by atoms with Gasteiger partial charge in [-0.25, -0.2) is 9.67 Å². The summed E-state index contributed by atoms with van der Waals surface area (Å²) in [5.74, 6) is 0.518. The van der Waals surface area contributed by atoms with Crippen LogP contribution in [-0.2, 0) is 16.1 Å². The normalized spacial score (nSPS) is 16.8.